The van der Waals surface area contributed by atoms with Gasteiger partial charge in [0.15, 0.2) is 0 Å². The lowest BCUT2D eigenvalue weighted by molar-refractivity contribution is -0.131. The molecule has 2 amide bonds. The van der Waals surface area contributed by atoms with Gasteiger partial charge in [-0.15, -0.1) is 0 Å². The number of carbonyl (C=O) groups excluding carboxylic acids is 2. The molecule has 1 heterocycles. The van der Waals surface area contributed by atoms with Crippen molar-refractivity contribution in [1.29, 1.82) is 0 Å². The van der Waals surface area contributed by atoms with Gasteiger partial charge in [-0.05, 0) is 29.3 Å². The molecule has 4 rings (SSSR count). The Balaban J connectivity index is 1.27. The van der Waals surface area contributed by atoms with Crippen LogP contribution in [-0.2, 0) is 4.79 Å². The minimum absolute atomic E-state index is 0.0874. The molecule has 0 aromatic heterocycles. The largest absolute Gasteiger partial charge is 0.368 e. The normalized spacial score (nSPS) is 13.7. The number of benzene rings is 3. The van der Waals surface area contributed by atoms with E-state index in [0.717, 1.165) is 24.2 Å². The number of hydrogen-bond acceptors (Lipinski definition) is 3. The summed E-state index contributed by atoms with van der Waals surface area (Å²) in [5.74, 6) is -0.0643. The molecule has 0 bridgehead atoms. The number of piperazine rings is 1. The summed E-state index contributed by atoms with van der Waals surface area (Å²) >= 11 is 0. The van der Waals surface area contributed by atoms with E-state index >= 15 is 0 Å². The third kappa shape index (κ3) is 5.12. The van der Waals surface area contributed by atoms with Gasteiger partial charge in [-0.25, -0.2) is 0 Å². The highest BCUT2D eigenvalue weighted by Gasteiger charge is 2.21. The fourth-order valence-electron chi connectivity index (χ4n) is 3.94. The van der Waals surface area contributed by atoms with Crippen LogP contribution in [0.2, 0.25) is 0 Å². The average molecular weight is 414 g/mol. The standard InChI is InChI=1S/C26H27N3O2/c30-25(29-19-17-28(18-20-29)22-11-5-2-6-12-22)15-16-27-26(31)24-14-8-7-13-23(24)21-9-3-1-4-10-21/h1-14H,15-20H2,(H,27,31). The quantitative estimate of drug-likeness (QED) is 0.668. The maximum Gasteiger partial charge on any atom is 0.251 e. The van der Waals surface area contributed by atoms with Gasteiger partial charge in [0.2, 0.25) is 5.91 Å². The molecular weight excluding hydrogens is 386 g/mol. The number of rotatable bonds is 6. The first-order chi connectivity index (χ1) is 15.2. The molecule has 0 spiro atoms. The van der Waals surface area contributed by atoms with Crippen LogP contribution in [0.15, 0.2) is 84.9 Å². The maximum absolute atomic E-state index is 12.8. The zero-order valence-corrected chi connectivity index (χ0v) is 17.5. The Bertz CT molecular complexity index is 1010. The van der Waals surface area contributed by atoms with Gasteiger partial charge in [-0.2, -0.15) is 0 Å². The van der Waals surface area contributed by atoms with E-state index in [4.69, 9.17) is 0 Å². The predicted octanol–water partition coefficient (Wildman–Crippen LogP) is 3.82. The van der Waals surface area contributed by atoms with Crippen molar-refractivity contribution in [3.63, 3.8) is 0 Å². The van der Waals surface area contributed by atoms with Crippen molar-refractivity contribution in [2.75, 3.05) is 37.6 Å². The van der Waals surface area contributed by atoms with Gasteiger partial charge in [0.05, 0.1) is 0 Å². The SMILES string of the molecule is O=C(NCCC(=O)N1CCN(c2ccccc2)CC1)c1ccccc1-c1ccccc1. The lowest BCUT2D eigenvalue weighted by Gasteiger charge is -2.36. The van der Waals surface area contributed by atoms with Crippen molar-refractivity contribution in [2.45, 2.75) is 6.42 Å². The van der Waals surface area contributed by atoms with Crippen molar-refractivity contribution < 1.29 is 9.59 Å². The van der Waals surface area contributed by atoms with E-state index in [1.807, 2.05) is 77.7 Å². The third-order valence-electron chi connectivity index (χ3n) is 5.63. The molecule has 1 saturated heterocycles. The minimum atomic E-state index is -0.152. The molecule has 1 N–H and O–H groups in total. The van der Waals surface area contributed by atoms with Gasteiger partial charge in [-0.3, -0.25) is 9.59 Å². The summed E-state index contributed by atoms with van der Waals surface area (Å²) in [5.41, 5.74) is 3.71. The Morgan fingerprint density at radius 3 is 2.06 bits per heavy atom. The van der Waals surface area contributed by atoms with Crippen LogP contribution in [0, 0.1) is 0 Å². The van der Waals surface area contributed by atoms with E-state index in [2.05, 4.69) is 22.3 Å². The zero-order valence-electron chi connectivity index (χ0n) is 17.5. The highest BCUT2D eigenvalue weighted by atomic mass is 16.2. The van der Waals surface area contributed by atoms with Crippen molar-refractivity contribution in [3.8, 4) is 11.1 Å². The predicted molar refractivity (Wildman–Crippen MR) is 124 cm³/mol. The summed E-state index contributed by atoms with van der Waals surface area (Å²) in [6, 6.07) is 27.7. The van der Waals surface area contributed by atoms with Crippen molar-refractivity contribution in [3.05, 3.63) is 90.5 Å². The fraction of sp³-hybridized carbons (Fsp3) is 0.231. The molecule has 158 valence electrons. The van der Waals surface area contributed by atoms with Gasteiger partial charge in [0, 0.05) is 50.4 Å². The molecular formula is C26H27N3O2. The summed E-state index contributed by atoms with van der Waals surface area (Å²) in [5, 5.41) is 2.92. The molecule has 0 saturated carbocycles. The van der Waals surface area contributed by atoms with Crippen LogP contribution in [-0.4, -0.2) is 49.4 Å². The second-order valence-electron chi connectivity index (χ2n) is 7.62. The zero-order chi connectivity index (χ0) is 21.5. The van der Waals surface area contributed by atoms with Crippen LogP contribution in [0.3, 0.4) is 0 Å². The molecule has 31 heavy (non-hydrogen) atoms. The Hall–Kier alpha value is -3.60. The molecule has 0 radical (unpaired) electrons. The molecule has 1 fully saturated rings. The first kappa shape index (κ1) is 20.7. The molecule has 3 aromatic rings. The second kappa shape index (κ2) is 9.94. The summed E-state index contributed by atoms with van der Waals surface area (Å²) in [7, 11) is 0. The van der Waals surface area contributed by atoms with Crippen molar-refractivity contribution >= 4 is 17.5 Å². The number of hydrogen-bond donors (Lipinski definition) is 1. The van der Waals surface area contributed by atoms with Gasteiger partial charge < -0.3 is 15.1 Å². The number of anilines is 1. The van der Waals surface area contributed by atoms with Crippen LogP contribution in [0.25, 0.3) is 11.1 Å². The van der Waals surface area contributed by atoms with Crippen molar-refractivity contribution in [1.82, 2.24) is 10.2 Å². The highest BCUT2D eigenvalue weighted by molar-refractivity contribution is 6.01. The first-order valence-electron chi connectivity index (χ1n) is 10.7. The van der Waals surface area contributed by atoms with Crippen molar-refractivity contribution in [2.24, 2.45) is 0 Å². The molecule has 0 atom stereocenters. The molecule has 1 aliphatic heterocycles. The van der Waals surface area contributed by atoms with Gasteiger partial charge >= 0.3 is 0 Å². The van der Waals surface area contributed by atoms with E-state index in [1.165, 1.54) is 5.69 Å². The minimum Gasteiger partial charge on any atom is -0.368 e. The number of nitrogens with one attached hydrogen (secondary N) is 1. The van der Waals surface area contributed by atoms with Gasteiger partial charge in [0.25, 0.3) is 5.91 Å². The highest BCUT2D eigenvalue weighted by Crippen LogP contribution is 2.23. The smallest absolute Gasteiger partial charge is 0.251 e. The first-order valence-corrected chi connectivity index (χ1v) is 10.7. The monoisotopic (exact) mass is 413 g/mol. The van der Waals surface area contributed by atoms with E-state index in [-0.39, 0.29) is 11.8 Å². The Morgan fingerprint density at radius 1 is 0.742 bits per heavy atom. The van der Waals surface area contributed by atoms with Crippen LogP contribution in [0.4, 0.5) is 5.69 Å². The second-order valence-corrected chi connectivity index (χ2v) is 7.62. The van der Waals surface area contributed by atoms with Gasteiger partial charge in [-0.1, -0.05) is 66.7 Å². The summed E-state index contributed by atoms with van der Waals surface area (Å²) in [6.45, 7) is 3.40. The molecule has 0 aliphatic carbocycles. The summed E-state index contributed by atoms with van der Waals surface area (Å²) in [4.78, 5) is 29.5. The van der Waals surface area contributed by atoms with E-state index in [0.29, 0.717) is 31.6 Å². The Labute approximate surface area is 183 Å². The molecule has 3 aromatic carbocycles. The number of amides is 2. The molecule has 5 heteroatoms. The van der Waals surface area contributed by atoms with Gasteiger partial charge in [0.1, 0.15) is 0 Å². The lowest BCUT2D eigenvalue weighted by Crippen LogP contribution is -2.49. The van der Waals surface area contributed by atoms with E-state index in [1.54, 1.807) is 0 Å². The fourth-order valence-corrected chi connectivity index (χ4v) is 3.94. The lowest BCUT2D eigenvalue weighted by atomic mass is 9.99. The topological polar surface area (TPSA) is 52.7 Å². The molecule has 0 unspecified atom stereocenters. The number of para-hydroxylation sites is 1. The third-order valence-corrected chi connectivity index (χ3v) is 5.63. The molecule has 1 aliphatic rings. The Morgan fingerprint density at radius 2 is 1.35 bits per heavy atom. The molecule has 5 nitrogen and oxygen atoms in total. The van der Waals surface area contributed by atoms with E-state index in [9.17, 15) is 9.59 Å². The average Bonchev–Trinajstić information content (AvgIpc) is 2.85. The number of nitrogens with zero attached hydrogens (tertiary/aromatic N) is 2. The maximum atomic E-state index is 12.8. The van der Waals surface area contributed by atoms with Crippen LogP contribution in [0.1, 0.15) is 16.8 Å². The van der Waals surface area contributed by atoms with E-state index < -0.39 is 0 Å². The summed E-state index contributed by atoms with van der Waals surface area (Å²) in [6.07, 6.45) is 0.310. The van der Waals surface area contributed by atoms with Crippen LogP contribution < -0.4 is 10.2 Å². The Kier molecular flexibility index (Phi) is 6.62. The summed E-state index contributed by atoms with van der Waals surface area (Å²) < 4.78 is 0. The number of carbonyl (C=O) groups is 2. The van der Waals surface area contributed by atoms with Crippen LogP contribution >= 0.6 is 0 Å². The van der Waals surface area contributed by atoms with Crippen LogP contribution in [0.5, 0.6) is 0 Å².